The third-order valence-corrected chi connectivity index (χ3v) is 4.38. The van der Waals surface area contributed by atoms with E-state index in [4.69, 9.17) is 4.74 Å². The third kappa shape index (κ3) is 5.36. The maximum atomic E-state index is 12.3. The molecular weight excluding hydrogens is 350 g/mol. The Bertz CT molecular complexity index is 953. The summed E-state index contributed by atoms with van der Waals surface area (Å²) in [6, 6.07) is 13.7. The predicted molar refractivity (Wildman–Crippen MR) is 110 cm³/mol. The van der Waals surface area contributed by atoms with Crippen LogP contribution in [-0.2, 0) is 9.53 Å². The van der Waals surface area contributed by atoms with Crippen LogP contribution in [0.4, 0.5) is 0 Å². The molecule has 0 aliphatic carbocycles. The van der Waals surface area contributed by atoms with Crippen LogP contribution in [0.25, 0.3) is 6.08 Å². The van der Waals surface area contributed by atoms with E-state index in [9.17, 15) is 10.1 Å². The summed E-state index contributed by atoms with van der Waals surface area (Å²) < 4.78 is 7.39. The van der Waals surface area contributed by atoms with Gasteiger partial charge in [0.2, 0.25) is 0 Å². The van der Waals surface area contributed by atoms with Crippen LogP contribution in [0, 0.1) is 37.0 Å². The Labute approximate surface area is 166 Å². The van der Waals surface area contributed by atoms with E-state index in [1.807, 2.05) is 56.3 Å². The van der Waals surface area contributed by atoms with Gasteiger partial charge in [-0.1, -0.05) is 30.0 Å². The van der Waals surface area contributed by atoms with Crippen molar-refractivity contribution in [2.75, 3.05) is 20.3 Å². The number of rotatable bonds is 6. The number of aryl methyl sites for hydroxylation is 1. The second-order valence-corrected chi connectivity index (χ2v) is 6.52. The Hall–Kier alpha value is -3.28. The van der Waals surface area contributed by atoms with Gasteiger partial charge in [-0.15, -0.1) is 0 Å². The number of ether oxygens (including phenoxy) is 1. The fraction of sp³-hybridized carbons (Fsp3) is 0.304. The van der Waals surface area contributed by atoms with Crippen molar-refractivity contribution in [3.8, 4) is 17.9 Å². The van der Waals surface area contributed by atoms with E-state index in [1.54, 1.807) is 13.2 Å². The van der Waals surface area contributed by atoms with Crippen molar-refractivity contribution < 1.29 is 9.53 Å². The highest BCUT2D eigenvalue weighted by atomic mass is 16.5. The number of hydrogen-bond acceptors (Lipinski definition) is 3. The fourth-order valence-electron chi connectivity index (χ4n) is 3.13. The summed E-state index contributed by atoms with van der Waals surface area (Å²) in [4.78, 5) is 12.3. The minimum Gasteiger partial charge on any atom is -0.383 e. The number of hydrogen-bond donors (Lipinski definition) is 1. The number of nitrogens with zero attached hydrogens (tertiary/aromatic N) is 2. The second-order valence-electron chi connectivity index (χ2n) is 6.52. The average Bonchev–Trinajstić information content (AvgIpc) is 2.97. The van der Waals surface area contributed by atoms with E-state index >= 15 is 0 Å². The summed E-state index contributed by atoms with van der Waals surface area (Å²) >= 11 is 0. The molecule has 1 unspecified atom stereocenters. The van der Waals surface area contributed by atoms with Gasteiger partial charge >= 0.3 is 0 Å². The second kappa shape index (κ2) is 10.2. The molecule has 0 saturated carbocycles. The summed E-state index contributed by atoms with van der Waals surface area (Å²) in [5.41, 5.74) is 3.83. The van der Waals surface area contributed by atoms with Crippen molar-refractivity contribution >= 4 is 12.0 Å². The van der Waals surface area contributed by atoms with Crippen molar-refractivity contribution in [2.24, 2.45) is 0 Å². The van der Waals surface area contributed by atoms with Gasteiger partial charge in [0.05, 0.1) is 19.2 Å². The number of aromatic nitrogens is 1. The van der Waals surface area contributed by atoms with Crippen LogP contribution in [0.15, 0.2) is 42.0 Å². The molecular formula is C23H25N3O2. The lowest BCUT2D eigenvalue weighted by atomic mass is 10.1. The van der Waals surface area contributed by atoms with Crippen molar-refractivity contribution in [3.05, 3.63) is 64.5 Å². The van der Waals surface area contributed by atoms with Crippen LogP contribution in [0.1, 0.15) is 35.5 Å². The first-order valence-electron chi connectivity index (χ1n) is 9.09. The molecule has 1 aromatic carbocycles. The molecule has 1 atom stereocenters. The lowest BCUT2D eigenvalue weighted by molar-refractivity contribution is -0.116. The molecule has 2 rings (SSSR count). The first kappa shape index (κ1) is 21.0. The molecule has 1 N–H and O–H groups in total. The predicted octanol–water partition coefficient (Wildman–Crippen LogP) is 3.39. The smallest absolute Gasteiger partial charge is 0.262 e. The van der Waals surface area contributed by atoms with Crippen LogP contribution < -0.4 is 5.32 Å². The number of methoxy groups -OCH3 is 1. The fourth-order valence-corrected chi connectivity index (χ4v) is 3.13. The maximum absolute atomic E-state index is 12.3. The Morgan fingerprint density at radius 3 is 2.68 bits per heavy atom. The van der Waals surface area contributed by atoms with Gasteiger partial charge in [-0.3, -0.25) is 4.79 Å². The number of nitrogens with one attached hydrogen (secondary N) is 1. The zero-order valence-corrected chi connectivity index (χ0v) is 16.7. The minimum atomic E-state index is -0.431. The molecule has 0 bridgehead atoms. The van der Waals surface area contributed by atoms with Gasteiger partial charge < -0.3 is 14.6 Å². The number of amides is 1. The molecule has 2 aromatic rings. The molecule has 1 heterocycles. The molecule has 0 fully saturated rings. The first-order valence-corrected chi connectivity index (χ1v) is 9.09. The quantitative estimate of drug-likeness (QED) is 0.478. The summed E-state index contributed by atoms with van der Waals surface area (Å²) in [5, 5.41) is 12.1. The zero-order valence-electron chi connectivity index (χ0n) is 16.7. The number of carbonyl (C=O) groups is 1. The Kier molecular flexibility index (Phi) is 7.63. The summed E-state index contributed by atoms with van der Waals surface area (Å²) in [6.07, 6.45) is 1.62. The lowest BCUT2D eigenvalue weighted by Gasteiger charge is -2.17. The van der Waals surface area contributed by atoms with Gasteiger partial charge in [0, 0.05) is 24.1 Å². The molecule has 0 radical (unpaired) electrons. The summed E-state index contributed by atoms with van der Waals surface area (Å²) in [7, 11) is 1.67. The zero-order chi connectivity index (χ0) is 20.5. The Morgan fingerprint density at radius 1 is 1.32 bits per heavy atom. The van der Waals surface area contributed by atoms with Gasteiger partial charge in [0.25, 0.3) is 5.91 Å². The van der Waals surface area contributed by atoms with E-state index in [1.165, 1.54) is 0 Å². The van der Waals surface area contributed by atoms with Gasteiger partial charge in [-0.05, 0) is 50.6 Å². The Balaban J connectivity index is 2.11. The molecule has 28 heavy (non-hydrogen) atoms. The third-order valence-electron chi connectivity index (χ3n) is 4.38. The van der Waals surface area contributed by atoms with Gasteiger partial charge in [-0.25, -0.2) is 0 Å². The summed E-state index contributed by atoms with van der Waals surface area (Å²) in [5.74, 6) is 5.43. The first-order chi connectivity index (χ1) is 13.5. The topological polar surface area (TPSA) is 67.0 Å². The van der Waals surface area contributed by atoms with Crippen molar-refractivity contribution in [1.29, 1.82) is 5.26 Å². The number of carbonyl (C=O) groups excluding carboxylic acids is 1. The van der Waals surface area contributed by atoms with E-state index in [0.717, 1.165) is 22.5 Å². The van der Waals surface area contributed by atoms with Crippen molar-refractivity contribution in [1.82, 2.24) is 9.88 Å². The van der Waals surface area contributed by atoms with E-state index in [2.05, 4.69) is 28.6 Å². The molecule has 0 spiro atoms. The average molecular weight is 375 g/mol. The molecule has 0 saturated heterocycles. The highest BCUT2D eigenvalue weighted by Crippen LogP contribution is 2.22. The van der Waals surface area contributed by atoms with E-state index in [-0.39, 0.29) is 18.2 Å². The largest absolute Gasteiger partial charge is 0.383 e. The molecule has 1 aromatic heterocycles. The SMILES string of the molecule is COCC(C)n1c(C)cc(/C=C(\C#N)C(=O)NCC#Cc2ccccc2)c1C. The highest BCUT2D eigenvalue weighted by Gasteiger charge is 2.15. The minimum absolute atomic E-state index is 0.0566. The molecule has 0 aliphatic heterocycles. The van der Waals surface area contributed by atoms with Crippen molar-refractivity contribution in [2.45, 2.75) is 26.8 Å². The standard InChI is InChI=1S/C23H25N3O2/c1-17-13-21(19(3)26(17)18(2)16-28-4)14-22(15-24)23(27)25-12-8-11-20-9-6-5-7-10-20/h5-7,9-10,13-14,18H,12,16H2,1-4H3,(H,25,27)/b22-14+. The van der Waals surface area contributed by atoms with Crippen LogP contribution in [0.5, 0.6) is 0 Å². The van der Waals surface area contributed by atoms with Crippen LogP contribution >= 0.6 is 0 Å². The van der Waals surface area contributed by atoms with E-state index < -0.39 is 5.91 Å². The normalized spacial score (nSPS) is 11.9. The molecule has 0 aliphatic rings. The number of benzene rings is 1. The Morgan fingerprint density at radius 2 is 2.04 bits per heavy atom. The van der Waals surface area contributed by atoms with Gasteiger partial charge in [0.1, 0.15) is 11.6 Å². The molecule has 1 amide bonds. The molecule has 144 valence electrons. The van der Waals surface area contributed by atoms with Crippen LogP contribution in [0.2, 0.25) is 0 Å². The van der Waals surface area contributed by atoms with Crippen LogP contribution in [-0.4, -0.2) is 30.7 Å². The maximum Gasteiger partial charge on any atom is 0.262 e. The van der Waals surface area contributed by atoms with Gasteiger partial charge in [-0.2, -0.15) is 5.26 Å². The number of nitriles is 1. The molecule has 5 nitrogen and oxygen atoms in total. The summed E-state index contributed by atoms with van der Waals surface area (Å²) in [6.45, 7) is 6.81. The molecule has 5 heteroatoms. The van der Waals surface area contributed by atoms with Crippen molar-refractivity contribution in [3.63, 3.8) is 0 Å². The van der Waals surface area contributed by atoms with E-state index in [0.29, 0.717) is 6.61 Å². The highest BCUT2D eigenvalue weighted by molar-refractivity contribution is 6.01. The monoisotopic (exact) mass is 375 g/mol. The van der Waals surface area contributed by atoms with Crippen LogP contribution in [0.3, 0.4) is 0 Å². The lowest BCUT2D eigenvalue weighted by Crippen LogP contribution is -2.24. The van der Waals surface area contributed by atoms with Gasteiger partial charge in [0.15, 0.2) is 0 Å².